The van der Waals surface area contributed by atoms with Crippen LogP contribution in [-0.4, -0.2) is 17.9 Å². The van der Waals surface area contributed by atoms with Crippen LogP contribution >= 0.6 is 11.6 Å². The molecule has 0 unspecified atom stereocenters. The van der Waals surface area contributed by atoms with E-state index in [-0.39, 0.29) is 0 Å². The average Bonchev–Trinajstić information content (AvgIpc) is 2.43. The molecule has 1 amide bonds. The summed E-state index contributed by atoms with van der Waals surface area (Å²) in [7, 11) is 1.99. The summed E-state index contributed by atoms with van der Waals surface area (Å²) in [6, 6.07) is 12.9. The summed E-state index contributed by atoms with van der Waals surface area (Å²) in [5.41, 5.74) is 14.4. The maximum absolute atomic E-state index is 11.1. The first-order valence-electron chi connectivity index (χ1n) is 6.57. The fourth-order valence-electron chi connectivity index (χ4n) is 2.14. The molecule has 2 aromatic rings. The Morgan fingerprint density at radius 2 is 1.81 bits per heavy atom. The first-order valence-corrected chi connectivity index (χ1v) is 6.95. The lowest BCUT2D eigenvalue weighted by atomic mass is 10.1. The van der Waals surface area contributed by atoms with E-state index < -0.39 is 5.91 Å². The Morgan fingerprint density at radius 1 is 1.14 bits per heavy atom. The Bertz CT molecular complexity index is 658. The predicted molar refractivity (Wildman–Crippen MR) is 86.0 cm³/mol. The minimum atomic E-state index is -0.478. The Balaban J connectivity index is 2.08. The number of halogens is 1. The van der Waals surface area contributed by atoms with Gasteiger partial charge < -0.3 is 11.5 Å². The van der Waals surface area contributed by atoms with Crippen molar-refractivity contribution >= 4 is 23.2 Å². The van der Waals surface area contributed by atoms with Gasteiger partial charge in [0.1, 0.15) is 0 Å². The van der Waals surface area contributed by atoms with E-state index in [1.54, 1.807) is 12.1 Å². The van der Waals surface area contributed by atoms with Crippen LogP contribution in [-0.2, 0) is 13.1 Å². The zero-order valence-corrected chi connectivity index (χ0v) is 12.6. The number of hydrogen-bond acceptors (Lipinski definition) is 3. The fraction of sp³-hybridized carbons (Fsp3) is 0.188. The number of amides is 1. The van der Waals surface area contributed by atoms with Gasteiger partial charge in [0.2, 0.25) is 5.91 Å². The number of hydrogen-bond donors (Lipinski definition) is 2. The predicted octanol–water partition coefficient (Wildman–Crippen LogP) is 2.65. The van der Waals surface area contributed by atoms with E-state index in [9.17, 15) is 4.79 Å². The molecule has 0 saturated carbocycles. The first kappa shape index (κ1) is 15.4. The number of benzene rings is 2. The SMILES string of the molecule is CN(Cc1ccccc1N)Cc1ccc(C(N)=O)cc1Cl. The molecule has 2 rings (SSSR count). The molecule has 4 nitrogen and oxygen atoms in total. The van der Waals surface area contributed by atoms with Crippen LogP contribution in [0.2, 0.25) is 5.02 Å². The van der Waals surface area contributed by atoms with Crippen LogP contribution in [0.15, 0.2) is 42.5 Å². The molecule has 110 valence electrons. The highest BCUT2D eigenvalue weighted by Gasteiger charge is 2.09. The van der Waals surface area contributed by atoms with Gasteiger partial charge in [0.25, 0.3) is 0 Å². The van der Waals surface area contributed by atoms with Crippen LogP contribution in [0.25, 0.3) is 0 Å². The summed E-state index contributed by atoms with van der Waals surface area (Å²) >= 11 is 6.19. The van der Waals surface area contributed by atoms with Crippen molar-refractivity contribution < 1.29 is 4.79 Å². The second-order valence-electron chi connectivity index (χ2n) is 5.04. The normalized spacial score (nSPS) is 10.8. The maximum atomic E-state index is 11.1. The Hall–Kier alpha value is -2.04. The average molecular weight is 304 g/mol. The lowest BCUT2D eigenvalue weighted by Gasteiger charge is -2.18. The van der Waals surface area contributed by atoms with Crippen LogP contribution < -0.4 is 11.5 Å². The van der Waals surface area contributed by atoms with Crippen LogP contribution in [0.1, 0.15) is 21.5 Å². The van der Waals surface area contributed by atoms with Crippen LogP contribution in [0.5, 0.6) is 0 Å². The van der Waals surface area contributed by atoms with E-state index in [2.05, 4.69) is 4.90 Å². The first-order chi connectivity index (χ1) is 9.97. The smallest absolute Gasteiger partial charge is 0.248 e. The summed E-state index contributed by atoms with van der Waals surface area (Å²) in [4.78, 5) is 13.2. The lowest BCUT2D eigenvalue weighted by Crippen LogP contribution is -2.18. The summed E-state index contributed by atoms with van der Waals surface area (Å²) in [5, 5.41) is 0.541. The summed E-state index contributed by atoms with van der Waals surface area (Å²) < 4.78 is 0. The van der Waals surface area contributed by atoms with Gasteiger partial charge in [-0.3, -0.25) is 9.69 Å². The summed E-state index contributed by atoms with van der Waals surface area (Å²) in [6.45, 7) is 1.38. The van der Waals surface area contributed by atoms with Gasteiger partial charge in [0, 0.05) is 29.4 Å². The highest BCUT2D eigenvalue weighted by Crippen LogP contribution is 2.21. The Morgan fingerprint density at radius 3 is 2.43 bits per heavy atom. The molecule has 21 heavy (non-hydrogen) atoms. The van der Waals surface area contributed by atoms with Crippen molar-refractivity contribution in [2.75, 3.05) is 12.8 Å². The van der Waals surface area contributed by atoms with Gasteiger partial charge in [-0.1, -0.05) is 35.9 Å². The number of carbonyl (C=O) groups is 1. The van der Waals surface area contributed by atoms with Crippen molar-refractivity contribution in [2.24, 2.45) is 5.73 Å². The maximum Gasteiger partial charge on any atom is 0.248 e. The molecular formula is C16H18ClN3O. The molecule has 5 heteroatoms. The molecule has 0 spiro atoms. The highest BCUT2D eigenvalue weighted by molar-refractivity contribution is 6.31. The van der Waals surface area contributed by atoms with Gasteiger partial charge in [-0.15, -0.1) is 0 Å². The van der Waals surface area contributed by atoms with E-state index in [0.29, 0.717) is 17.1 Å². The van der Waals surface area contributed by atoms with E-state index in [0.717, 1.165) is 23.4 Å². The Kier molecular flexibility index (Phi) is 4.83. The van der Waals surface area contributed by atoms with Crippen LogP contribution in [0, 0.1) is 0 Å². The van der Waals surface area contributed by atoms with E-state index in [4.69, 9.17) is 23.1 Å². The van der Waals surface area contributed by atoms with Crippen molar-refractivity contribution in [3.8, 4) is 0 Å². The molecule has 0 aliphatic carbocycles. The third-order valence-electron chi connectivity index (χ3n) is 3.27. The number of nitrogens with zero attached hydrogens (tertiary/aromatic N) is 1. The minimum Gasteiger partial charge on any atom is -0.398 e. The minimum absolute atomic E-state index is 0.415. The van der Waals surface area contributed by atoms with E-state index in [1.165, 1.54) is 0 Å². The third-order valence-corrected chi connectivity index (χ3v) is 3.63. The summed E-state index contributed by atoms with van der Waals surface area (Å²) in [5.74, 6) is -0.478. The lowest BCUT2D eigenvalue weighted by molar-refractivity contribution is 0.100. The molecule has 0 saturated heterocycles. The molecule has 0 aromatic heterocycles. The van der Waals surface area contributed by atoms with Crippen molar-refractivity contribution in [2.45, 2.75) is 13.1 Å². The molecule has 0 aliphatic heterocycles. The molecule has 0 fully saturated rings. The number of nitrogen functional groups attached to an aromatic ring is 1. The topological polar surface area (TPSA) is 72.3 Å². The standard InChI is InChI=1S/C16H18ClN3O/c1-20(10-13-4-2-3-5-15(13)18)9-12-7-6-11(16(19)21)8-14(12)17/h2-8H,9-10,18H2,1H3,(H2,19,21). The molecule has 4 N–H and O–H groups in total. The van der Waals surface area contributed by atoms with Crippen LogP contribution in [0.3, 0.4) is 0 Å². The number of rotatable bonds is 5. The van der Waals surface area contributed by atoms with Crippen molar-refractivity contribution in [3.63, 3.8) is 0 Å². The van der Waals surface area contributed by atoms with Crippen molar-refractivity contribution in [3.05, 3.63) is 64.2 Å². The number of para-hydroxylation sites is 1. The zero-order valence-electron chi connectivity index (χ0n) is 11.8. The Labute approximate surface area is 129 Å². The van der Waals surface area contributed by atoms with Gasteiger partial charge >= 0.3 is 0 Å². The third kappa shape index (κ3) is 3.97. The van der Waals surface area contributed by atoms with Gasteiger partial charge in [-0.25, -0.2) is 0 Å². The molecule has 2 aromatic carbocycles. The van der Waals surface area contributed by atoms with Crippen molar-refractivity contribution in [1.29, 1.82) is 0 Å². The zero-order chi connectivity index (χ0) is 15.4. The molecule has 0 bridgehead atoms. The van der Waals surface area contributed by atoms with E-state index >= 15 is 0 Å². The highest BCUT2D eigenvalue weighted by atomic mass is 35.5. The quantitative estimate of drug-likeness (QED) is 0.834. The molecule has 0 heterocycles. The fourth-order valence-corrected chi connectivity index (χ4v) is 2.38. The van der Waals surface area contributed by atoms with Gasteiger partial charge in [-0.05, 0) is 36.4 Å². The van der Waals surface area contributed by atoms with Gasteiger partial charge in [0.15, 0.2) is 0 Å². The van der Waals surface area contributed by atoms with Gasteiger partial charge in [-0.2, -0.15) is 0 Å². The summed E-state index contributed by atoms with van der Waals surface area (Å²) in [6.07, 6.45) is 0. The molecular weight excluding hydrogens is 286 g/mol. The van der Waals surface area contributed by atoms with Gasteiger partial charge in [0.05, 0.1) is 0 Å². The van der Waals surface area contributed by atoms with E-state index in [1.807, 2.05) is 37.4 Å². The molecule has 0 aliphatic rings. The van der Waals surface area contributed by atoms with Crippen molar-refractivity contribution in [1.82, 2.24) is 4.90 Å². The second-order valence-corrected chi connectivity index (χ2v) is 5.45. The largest absolute Gasteiger partial charge is 0.398 e. The number of primary amides is 1. The number of anilines is 1. The number of carbonyl (C=O) groups excluding carboxylic acids is 1. The number of nitrogens with two attached hydrogens (primary N) is 2. The molecule has 0 radical (unpaired) electrons. The molecule has 0 atom stereocenters. The second kappa shape index (κ2) is 6.61. The van der Waals surface area contributed by atoms with Crippen LogP contribution in [0.4, 0.5) is 5.69 Å². The monoisotopic (exact) mass is 303 g/mol.